The zero-order chi connectivity index (χ0) is 14.5. The van der Waals surface area contributed by atoms with Crippen molar-refractivity contribution >= 4 is 5.82 Å². The highest BCUT2D eigenvalue weighted by Crippen LogP contribution is 2.08. The standard InChI is InChI=1S/C14H17N7/c1-11-12(8-17-20-11)4-2-5-16-13-9-15-10-14(19-13)21-7-3-6-18-21/h3,6-10H,2,4-5H2,1H3,(H,16,19)(H,17,20). The van der Waals surface area contributed by atoms with Crippen LogP contribution < -0.4 is 5.32 Å². The molecule has 108 valence electrons. The molecule has 3 rings (SSSR count). The van der Waals surface area contributed by atoms with Gasteiger partial charge in [0.2, 0.25) is 0 Å². The number of hydrogen-bond donors (Lipinski definition) is 2. The van der Waals surface area contributed by atoms with Gasteiger partial charge < -0.3 is 5.32 Å². The fourth-order valence-corrected chi connectivity index (χ4v) is 2.08. The topological polar surface area (TPSA) is 84.3 Å². The van der Waals surface area contributed by atoms with Crippen LogP contribution in [0.2, 0.25) is 0 Å². The summed E-state index contributed by atoms with van der Waals surface area (Å²) in [6.07, 6.45) is 10.8. The van der Waals surface area contributed by atoms with Crippen LogP contribution in [0.15, 0.2) is 37.1 Å². The van der Waals surface area contributed by atoms with Gasteiger partial charge in [0.05, 0.1) is 18.6 Å². The van der Waals surface area contributed by atoms with Crippen LogP contribution in [0, 0.1) is 6.92 Å². The summed E-state index contributed by atoms with van der Waals surface area (Å²) in [7, 11) is 0. The van der Waals surface area contributed by atoms with Gasteiger partial charge in [0.25, 0.3) is 0 Å². The molecule has 0 saturated carbocycles. The highest BCUT2D eigenvalue weighted by Gasteiger charge is 2.02. The first kappa shape index (κ1) is 13.3. The Morgan fingerprint density at radius 2 is 2.24 bits per heavy atom. The van der Waals surface area contributed by atoms with Gasteiger partial charge >= 0.3 is 0 Å². The minimum Gasteiger partial charge on any atom is -0.369 e. The number of H-pyrrole nitrogens is 1. The number of aromatic amines is 1. The van der Waals surface area contributed by atoms with Gasteiger partial charge in [-0.05, 0) is 31.4 Å². The van der Waals surface area contributed by atoms with E-state index in [1.807, 2.05) is 25.4 Å². The molecule has 0 bridgehead atoms. The molecule has 0 aliphatic heterocycles. The lowest BCUT2D eigenvalue weighted by Gasteiger charge is -2.06. The Bertz CT molecular complexity index is 687. The second-order valence-electron chi connectivity index (χ2n) is 4.76. The van der Waals surface area contributed by atoms with E-state index in [0.29, 0.717) is 5.82 Å². The van der Waals surface area contributed by atoms with E-state index in [9.17, 15) is 0 Å². The molecule has 3 heterocycles. The van der Waals surface area contributed by atoms with E-state index in [2.05, 4.69) is 30.6 Å². The largest absolute Gasteiger partial charge is 0.369 e. The van der Waals surface area contributed by atoms with Gasteiger partial charge in [-0.15, -0.1) is 0 Å². The molecule has 0 aromatic carbocycles. The molecule has 7 heteroatoms. The zero-order valence-electron chi connectivity index (χ0n) is 11.8. The molecule has 3 aromatic heterocycles. The SMILES string of the molecule is Cc1[nH]ncc1CCCNc1cncc(-n2cccn2)n1. The molecule has 21 heavy (non-hydrogen) atoms. The normalized spacial score (nSPS) is 10.7. The lowest BCUT2D eigenvalue weighted by molar-refractivity contribution is 0.826. The molecule has 0 spiro atoms. The number of hydrogen-bond acceptors (Lipinski definition) is 5. The van der Waals surface area contributed by atoms with Gasteiger partial charge in [-0.1, -0.05) is 0 Å². The maximum absolute atomic E-state index is 4.48. The molecular formula is C14H17N7. The van der Waals surface area contributed by atoms with Crippen LogP contribution >= 0.6 is 0 Å². The summed E-state index contributed by atoms with van der Waals surface area (Å²) < 4.78 is 1.69. The molecule has 0 aliphatic carbocycles. The van der Waals surface area contributed by atoms with E-state index >= 15 is 0 Å². The molecule has 0 amide bonds. The van der Waals surface area contributed by atoms with E-state index in [1.54, 1.807) is 23.3 Å². The predicted molar refractivity (Wildman–Crippen MR) is 79.3 cm³/mol. The summed E-state index contributed by atoms with van der Waals surface area (Å²) in [4.78, 5) is 8.66. The average molecular weight is 283 g/mol. The molecular weight excluding hydrogens is 266 g/mol. The van der Waals surface area contributed by atoms with E-state index in [0.717, 1.165) is 30.9 Å². The van der Waals surface area contributed by atoms with E-state index in [4.69, 9.17) is 0 Å². The first-order valence-corrected chi connectivity index (χ1v) is 6.88. The first-order chi connectivity index (χ1) is 10.3. The highest BCUT2D eigenvalue weighted by molar-refractivity contribution is 5.35. The molecule has 0 radical (unpaired) electrons. The molecule has 2 N–H and O–H groups in total. The van der Waals surface area contributed by atoms with Gasteiger partial charge in [-0.25, -0.2) is 9.67 Å². The minimum atomic E-state index is 0.704. The fourth-order valence-electron chi connectivity index (χ4n) is 2.08. The van der Waals surface area contributed by atoms with Crippen LogP contribution in [-0.2, 0) is 6.42 Å². The monoisotopic (exact) mass is 283 g/mol. The summed E-state index contributed by atoms with van der Waals surface area (Å²) in [6.45, 7) is 2.87. The number of nitrogens with zero attached hydrogens (tertiary/aromatic N) is 5. The minimum absolute atomic E-state index is 0.704. The first-order valence-electron chi connectivity index (χ1n) is 6.88. The third kappa shape index (κ3) is 3.25. The number of aryl methyl sites for hydroxylation is 2. The Kier molecular flexibility index (Phi) is 3.90. The van der Waals surface area contributed by atoms with Gasteiger partial charge in [-0.2, -0.15) is 10.2 Å². The quantitative estimate of drug-likeness (QED) is 0.673. The fraction of sp³-hybridized carbons (Fsp3) is 0.286. The molecule has 7 nitrogen and oxygen atoms in total. The number of aromatic nitrogens is 6. The molecule has 3 aromatic rings. The van der Waals surface area contributed by atoms with Crippen LogP contribution in [-0.4, -0.2) is 36.5 Å². The smallest absolute Gasteiger partial charge is 0.173 e. The lowest BCUT2D eigenvalue weighted by Crippen LogP contribution is -2.07. The lowest BCUT2D eigenvalue weighted by atomic mass is 10.1. The number of nitrogens with one attached hydrogen (secondary N) is 2. The summed E-state index contributed by atoms with van der Waals surface area (Å²) >= 11 is 0. The van der Waals surface area contributed by atoms with Gasteiger partial charge in [0.15, 0.2) is 5.82 Å². The van der Waals surface area contributed by atoms with Crippen LogP contribution in [0.3, 0.4) is 0 Å². The maximum Gasteiger partial charge on any atom is 0.173 e. The van der Waals surface area contributed by atoms with Gasteiger partial charge in [0.1, 0.15) is 5.82 Å². The summed E-state index contributed by atoms with van der Waals surface area (Å²) in [5, 5.41) is 14.4. The van der Waals surface area contributed by atoms with Crippen molar-refractivity contribution in [3.63, 3.8) is 0 Å². The van der Waals surface area contributed by atoms with E-state index in [-0.39, 0.29) is 0 Å². The molecule has 0 fully saturated rings. The van der Waals surface area contributed by atoms with Crippen molar-refractivity contribution in [3.8, 4) is 5.82 Å². The van der Waals surface area contributed by atoms with Gasteiger partial charge in [0, 0.05) is 24.6 Å². The third-order valence-corrected chi connectivity index (χ3v) is 3.22. The van der Waals surface area contributed by atoms with Crippen molar-refractivity contribution in [1.82, 2.24) is 29.9 Å². The van der Waals surface area contributed by atoms with Crippen LogP contribution in [0.5, 0.6) is 0 Å². The second-order valence-corrected chi connectivity index (χ2v) is 4.76. The van der Waals surface area contributed by atoms with Gasteiger partial charge in [-0.3, -0.25) is 10.1 Å². The second kappa shape index (κ2) is 6.17. The van der Waals surface area contributed by atoms with Crippen LogP contribution in [0.1, 0.15) is 17.7 Å². The Balaban J connectivity index is 1.54. The zero-order valence-corrected chi connectivity index (χ0v) is 11.8. The average Bonchev–Trinajstić information content (AvgIpc) is 3.16. The Hall–Kier alpha value is -2.70. The summed E-state index contributed by atoms with van der Waals surface area (Å²) in [6, 6.07) is 1.86. The molecule has 0 atom stereocenters. The van der Waals surface area contributed by atoms with E-state index < -0.39 is 0 Å². The van der Waals surface area contributed by atoms with Crippen molar-refractivity contribution in [2.24, 2.45) is 0 Å². The summed E-state index contributed by atoms with van der Waals surface area (Å²) in [5.74, 6) is 1.46. The van der Waals surface area contributed by atoms with Crippen LogP contribution in [0.25, 0.3) is 5.82 Å². The number of anilines is 1. The van der Waals surface area contributed by atoms with Crippen molar-refractivity contribution in [3.05, 3.63) is 48.3 Å². The Morgan fingerprint density at radius 3 is 3.00 bits per heavy atom. The Labute approximate surface area is 122 Å². The predicted octanol–water partition coefficient (Wildman–Crippen LogP) is 1.74. The highest BCUT2D eigenvalue weighted by atomic mass is 15.3. The Morgan fingerprint density at radius 1 is 1.29 bits per heavy atom. The van der Waals surface area contributed by atoms with E-state index in [1.165, 1.54) is 5.56 Å². The van der Waals surface area contributed by atoms with Crippen molar-refractivity contribution < 1.29 is 0 Å². The third-order valence-electron chi connectivity index (χ3n) is 3.22. The number of rotatable bonds is 6. The summed E-state index contributed by atoms with van der Waals surface area (Å²) in [5.41, 5.74) is 2.39. The van der Waals surface area contributed by atoms with Crippen molar-refractivity contribution in [1.29, 1.82) is 0 Å². The molecule has 0 unspecified atom stereocenters. The van der Waals surface area contributed by atoms with Crippen molar-refractivity contribution in [2.75, 3.05) is 11.9 Å². The maximum atomic E-state index is 4.48. The van der Waals surface area contributed by atoms with Crippen molar-refractivity contribution in [2.45, 2.75) is 19.8 Å². The molecule has 0 saturated heterocycles. The molecule has 0 aliphatic rings. The van der Waals surface area contributed by atoms with Crippen LogP contribution in [0.4, 0.5) is 5.82 Å².